The molecule has 0 aromatic heterocycles. The highest BCUT2D eigenvalue weighted by Gasteiger charge is 2.29. The van der Waals surface area contributed by atoms with E-state index in [0.29, 0.717) is 5.92 Å². The van der Waals surface area contributed by atoms with Crippen molar-refractivity contribution in [1.29, 1.82) is 0 Å². The van der Waals surface area contributed by atoms with Gasteiger partial charge in [0.15, 0.2) is 0 Å². The lowest BCUT2D eigenvalue weighted by molar-refractivity contribution is 0.376. The molecule has 2 heteroatoms. The van der Waals surface area contributed by atoms with Crippen LogP contribution in [0.1, 0.15) is 20.3 Å². The molecular weight excluding hydrogens is 148 g/mol. The molecule has 0 heterocycles. The fourth-order valence-corrected chi connectivity index (χ4v) is 1.62. The van der Waals surface area contributed by atoms with Crippen molar-refractivity contribution in [3.63, 3.8) is 0 Å². The van der Waals surface area contributed by atoms with Gasteiger partial charge in [-0.05, 0) is 12.3 Å². The van der Waals surface area contributed by atoms with Crippen molar-refractivity contribution in [1.82, 2.24) is 0 Å². The van der Waals surface area contributed by atoms with Crippen LogP contribution in [0.3, 0.4) is 0 Å². The van der Waals surface area contributed by atoms with Crippen LogP contribution in [0.25, 0.3) is 0 Å². The Morgan fingerprint density at radius 1 is 1.42 bits per heavy atom. The van der Waals surface area contributed by atoms with Crippen LogP contribution in [0.2, 0.25) is 0 Å². The molecule has 0 saturated heterocycles. The summed E-state index contributed by atoms with van der Waals surface area (Å²) >= 11 is 0. The predicted octanol–water partition coefficient (Wildman–Crippen LogP) is 1.18. The molecule has 0 aromatic carbocycles. The molecule has 2 unspecified atom stereocenters. The molecule has 4 N–H and O–H groups in total. The lowest BCUT2D eigenvalue weighted by Gasteiger charge is -2.34. The minimum Gasteiger partial charge on any atom is -0.323 e. The Bertz CT molecular complexity index is 206. The van der Waals surface area contributed by atoms with Gasteiger partial charge in [0.25, 0.3) is 0 Å². The van der Waals surface area contributed by atoms with Crippen molar-refractivity contribution >= 4 is 0 Å². The van der Waals surface area contributed by atoms with Gasteiger partial charge < -0.3 is 11.5 Å². The molecular formula is C10H18N2. The molecule has 0 aromatic rings. The van der Waals surface area contributed by atoms with E-state index in [1.54, 1.807) is 0 Å². The van der Waals surface area contributed by atoms with E-state index in [-0.39, 0.29) is 11.6 Å². The monoisotopic (exact) mass is 166 g/mol. The molecule has 1 aliphatic carbocycles. The second kappa shape index (κ2) is 3.42. The highest BCUT2D eigenvalue weighted by atomic mass is 14.8. The van der Waals surface area contributed by atoms with Gasteiger partial charge in [-0.1, -0.05) is 38.2 Å². The quantitative estimate of drug-likeness (QED) is 0.647. The lowest BCUT2D eigenvalue weighted by atomic mass is 9.81. The first-order valence-electron chi connectivity index (χ1n) is 4.45. The average Bonchev–Trinajstić information content (AvgIpc) is 1.94. The second-order valence-electron chi connectivity index (χ2n) is 3.98. The summed E-state index contributed by atoms with van der Waals surface area (Å²) in [7, 11) is 0. The predicted molar refractivity (Wildman–Crippen MR) is 52.6 cm³/mol. The van der Waals surface area contributed by atoms with E-state index < -0.39 is 0 Å². The van der Waals surface area contributed by atoms with Crippen molar-refractivity contribution in [3.8, 4) is 0 Å². The van der Waals surface area contributed by atoms with Crippen LogP contribution in [0.5, 0.6) is 0 Å². The summed E-state index contributed by atoms with van der Waals surface area (Å²) in [6, 6.07) is -0.0371. The van der Waals surface area contributed by atoms with Gasteiger partial charge in [-0.25, -0.2) is 0 Å². The Kier molecular flexibility index (Phi) is 2.70. The summed E-state index contributed by atoms with van der Waals surface area (Å²) in [6.45, 7) is 4.32. The Morgan fingerprint density at radius 2 is 2.08 bits per heavy atom. The number of nitrogens with two attached hydrogens (primary N) is 2. The highest BCUT2D eigenvalue weighted by Crippen LogP contribution is 2.22. The van der Waals surface area contributed by atoms with Gasteiger partial charge in [0.1, 0.15) is 0 Å². The molecule has 1 rings (SSSR count). The van der Waals surface area contributed by atoms with Gasteiger partial charge >= 0.3 is 0 Å². The maximum Gasteiger partial charge on any atom is 0.0534 e. The van der Waals surface area contributed by atoms with Crippen molar-refractivity contribution < 1.29 is 0 Å². The molecule has 0 radical (unpaired) electrons. The maximum absolute atomic E-state index is 6.14. The van der Waals surface area contributed by atoms with Crippen molar-refractivity contribution in [2.24, 2.45) is 17.4 Å². The summed E-state index contributed by atoms with van der Waals surface area (Å²) in [6.07, 6.45) is 8.84. The molecule has 2 nitrogen and oxygen atoms in total. The minimum absolute atomic E-state index is 0.0371. The lowest BCUT2D eigenvalue weighted by Crippen LogP contribution is -2.54. The number of allylic oxidation sites excluding steroid dienone is 2. The number of rotatable bonds is 2. The van der Waals surface area contributed by atoms with E-state index in [9.17, 15) is 0 Å². The number of hydrogen-bond donors (Lipinski definition) is 2. The van der Waals surface area contributed by atoms with Gasteiger partial charge in [-0.2, -0.15) is 0 Å². The molecule has 0 bridgehead atoms. The van der Waals surface area contributed by atoms with Crippen molar-refractivity contribution in [2.45, 2.75) is 31.8 Å². The Morgan fingerprint density at radius 3 is 2.58 bits per heavy atom. The van der Waals surface area contributed by atoms with Crippen molar-refractivity contribution in [2.75, 3.05) is 0 Å². The third-order valence-electron chi connectivity index (χ3n) is 2.22. The SMILES string of the molecule is CC(C)CC1(N)C=CC=CC1N. The summed E-state index contributed by atoms with van der Waals surface area (Å²) < 4.78 is 0. The fourth-order valence-electron chi connectivity index (χ4n) is 1.62. The third-order valence-corrected chi connectivity index (χ3v) is 2.22. The zero-order chi connectivity index (χ0) is 9.19. The third kappa shape index (κ3) is 1.96. The smallest absolute Gasteiger partial charge is 0.0534 e. The van der Waals surface area contributed by atoms with Crippen LogP contribution in [-0.2, 0) is 0 Å². The highest BCUT2D eigenvalue weighted by molar-refractivity contribution is 5.26. The van der Waals surface area contributed by atoms with Crippen LogP contribution in [0.15, 0.2) is 24.3 Å². The van der Waals surface area contributed by atoms with E-state index >= 15 is 0 Å². The second-order valence-corrected chi connectivity index (χ2v) is 3.98. The summed E-state index contributed by atoms with van der Waals surface area (Å²) in [5.41, 5.74) is 11.7. The standard InChI is InChI=1S/C10H18N2/c1-8(2)7-10(12)6-4-3-5-9(10)11/h3-6,8-9H,7,11-12H2,1-2H3. The molecule has 0 aliphatic heterocycles. The Balaban J connectivity index is 2.69. The summed E-state index contributed by atoms with van der Waals surface area (Å²) in [5, 5.41) is 0. The molecule has 0 saturated carbocycles. The van der Waals surface area contributed by atoms with Crippen LogP contribution >= 0.6 is 0 Å². The van der Waals surface area contributed by atoms with Gasteiger partial charge in [-0.3, -0.25) is 0 Å². The van der Waals surface area contributed by atoms with Gasteiger partial charge in [0.2, 0.25) is 0 Å². The summed E-state index contributed by atoms with van der Waals surface area (Å²) in [5.74, 6) is 0.581. The van der Waals surface area contributed by atoms with E-state index in [4.69, 9.17) is 11.5 Å². The van der Waals surface area contributed by atoms with Crippen molar-refractivity contribution in [3.05, 3.63) is 24.3 Å². The van der Waals surface area contributed by atoms with E-state index in [1.807, 2.05) is 24.3 Å². The largest absolute Gasteiger partial charge is 0.323 e. The molecule has 68 valence electrons. The molecule has 0 fully saturated rings. The molecule has 12 heavy (non-hydrogen) atoms. The maximum atomic E-state index is 6.14. The van der Waals surface area contributed by atoms with Gasteiger partial charge in [-0.15, -0.1) is 0 Å². The van der Waals surface area contributed by atoms with Crippen LogP contribution in [-0.4, -0.2) is 11.6 Å². The van der Waals surface area contributed by atoms with Crippen LogP contribution in [0.4, 0.5) is 0 Å². The molecule has 0 spiro atoms. The fraction of sp³-hybridized carbons (Fsp3) is 0.600. The first kappa shape index (κ1) is 9.49. The first-order chi connectivity index (χ1) is 5.54. The van der Waals surface area contributed by atoms with Crippen LogP contribution < -0.4 is 11.5 Å². The molecule has 0 amide bonds. The minimum atomic E-state index is -0.330. The number of hydrogen-bond acceptors (Lipinski definition) is 2. The normalized spacial score (nSPS) is 34.6. The zero-order valence-corrected chi connectivity index (χ0v) is 7.83. The summed E-state index contributed by atoms with van der Waals surface area (Å²) in [4.78, 5) is 0. The van der Waals surface area contributed by atoms with Crippen LogP contribution in [0, 0.1) is 5.92 Å². The average molecular weight is 166 g/mol. The van der Waals surface area contributed by atoms with E-state index in [0.717, 1.165) is 6.42 Å². The Labute approximate surface area is 74.3 Å². The van der Waals surface area contributed by atoms with E-state index in [1.165, 1.54) is 0 Å². The zero-order valence-electron chi connectivity index (χ0n) is 7.83. The van der Waals surface area contributed by atoms with Gasteiger partial charge in [0.05, 0.1) is 5.54 Å². The molecule has 1 aliphatic rings. The topological polar surface area (TPSA) is 52.0 Å². The van der Waals surface area contributed by atoms with E-state index in [2.05, 4.69) is 13.8 Å². The molecule has 2 atom stereocenters. The van der Waals surface area contributed by atoms with Gasteiger partial charge in [0, 0.05) is 6.04 Å². The first-order valence-corrected chi connectivity index (χ1v) is 4.45. The Hall–Kier alpha value is -0.600.